The summed E-state index contributed by atoms with van der Waals surface area (Å²) in [6.07, 6.45) is 0. The van der Waals surface area contributed by atoms with Crippen LogP contribution in [0.4, 0.5) is 5.69 Å². The number of hydrogen-bond donors (Lipinski definition) is 3. The van der Waals surface area contributed by atoms with Crippen LogP contribution >= 0.6 is 23.4 Å². The molecule has 0 bridgehead atoms. The highest BCUT2D eigenvalue weighted by atomic mass is 35.5. The molecule has 0 aliphatic carbocycles. The largest absolute Gasteiger partial charge is 0.326 e. The van der Waals surface area contributed by atoms with E-state index >= 15 is 0 Å². The van der Waals surface area contributed by atoms with Crippen LogP contribution in [0, 0.1) is 6.92 Å². The van der Waals surface area contributed by atoms with Gasteiger partial charge < -0.3 is 4.98 Å². The second-order valence-electron chi connectivity index (χ2n) is 4.57. The summed E-state index contributed by atoms with van der Waals surface area (Å²) in [5, 5.41) is 0.573. The number of anilines is 1. The van der Waals surface area contributed by atoms with Crippen molar-refractivity contribution in [2.45, 2.75) is 18.7 Å². The van der Waals surface area contributed by atoms with Crippen molar-refractivity contribution >= 4 is 35.0 Å². The predicted octanol–water partition coefficient (Wildman–Crippen LogP) is 3.21. The fraction of sp³-hybridized carbons (Fsp3) is 0.200. The number of aryl methyl sites for hydroxylation is 1. The van der Waals surface area contributed by atoms with Crippen LogP contribution in [-0.2, 0) is 0 Å². The minimum atomic E-state index is -0.387. The zero-order chi connectivity index (χ0) is 16.1. The normalized spacial score (nSPS) is 10.3. The van der Waals surface area contributed by atoms with Crippen LogP contribution < -0.4 is 16.4 Å². The van der Waals surface area contributed by atoms with Crippen molar-refractivity contribution in [3.05, 3.63) is 57.0 Å². The Bertz CT molecular complexity index is 746. The number of pyridine rings is 1. The van der Waals surface area contributed by atoms with Gasteiger partial charge in [-0.15, -0.1) is 11.8 Å². The fourth-order valence-electron chi connectivity index (χ4n) is 1.89. The average molecular weight is 338 g/mol. The Balaban J connectivity index is 2.14. The molecule has 7 heteroatoms. The maximum Gasteiger partial charge on any atom is 0.269 e. The molecule has 0 saturated heterocycles. The maximum absolute atomic E-state index is 12.1. The lowest BCUT2D eigenvalue weighted by atomic mass is 10.2. The molecule has 1 aromatic carbocycles. The number of thioether (sulfide) groups is 1. The van der Waals surface area contributed by atoms with Crippen LogP contribution in [-0.4, -0.2) is 16.6 Å². The van der Waals surface area contributed by atoms with E-state index < -0.39 is 0 Å². The molecule has 1 aromatic heterocycles. The molecule has 3 N–H and O–H groups in total. The van der Waals surface area contributed by atoms with Crippen molar-refractivity contribution in [3.8, 4) is 0 Å². The summed E-state index contributed by atoms with van der Waals surface area (Å²) in [5.74, 6) is 0.513. The molecule has 116 valence electrons. The van der Waals surface area contributed by atoms with Crippen molar-refractivity contribution in [3.63, 3.8) is 0 Å². The number of hydrazine groups is 1. The molecular weight excluding hydrogens is 322 g/mol. The predicted molar refractivity (Wildman–Crippen MR) is 90.7 cm³/mol. The highest BCUT2D eigenvalue weighted by Crippen LogP contribution is 2.29. The molecule has 0 atom stereocenters. The van der Waals surface area contributed by atoms with Crippen molar-refractivity contribution in [2.24, 2.45) is 0 Å². The molecule has 2 rings (SSSR count). The van der Waals surface area contributed by atoms with E-state index in [2.05, 4.69) is 15.8 Å². The summed E-state index contributed by atoms with van der Waals surface area (Å²) < 4.78 is 0. The summed E-state index contributed by atoms with van der Waals surface area (Å²) in [4.78, 5) is 27.1. The first-order valence-corrected chi connectivity index (χ1v) is 8.05. The van der Waals surface area contributed by atoms with E-state index in [0.29, 0.717) is 22.0 Å². The number of halogens is 1. The van der Waals surface area contributed by atoms with Crippen molar-refractivity contribution in [2.75, 3.05) is 11.2 Å². The second kappa shape index (κ2) is 7.38. The second-order valence-corrected chi connectivity index (χ2v) is 6.31. The average Bonchev–Trinajstić information content (AvgIpc) is 2.46. The highest BCUT2D eigenvalue weighted by molar-refractivity contribution is 7.99. The Morgan fingerprint density at radius 3 is 2.77 bits per heavy atom. The molecule has 22 heavy (non-hydrogen) atoms. The number of rotatable bonds is 5. The lowest BCUT2D eigenvalue weighted by Gasteiger charge is -2.13. The third-order valence-electron chi connectivity index (χ3n) is 2.79. The van der Waals surface area contributed by atoms with Crippen molar-refractivity contribution < 1.29 is 4.79 Å². The molecule has 5 nitrogen and oxygen atoms in total. The quantitative estimate of drug-likeness (QED) is 0.578. The zero-order valence-electron chi connectivity index (χ0n) is 12.2. The lowest BCUT2D eigenvalue weighted by Crippen LogP contribution is -2.30. The van der Waals surface area contributed by atoms with E-state index in [1.807, 2.05) is 13.0 Å². The van der Waals surface area contributed by atoms with Crippen LogP contribution in [0.3, 0.4) is 0 Å². The summed E-state index contributed by atoms with van der Waals surface area (Å²) in [6, 6.07) is 8.29. The number of hydrogen-bond acceptors (Lipinski definition) is 4. The van der Waals surface area contributed by atoms with E-state index in [9.17, 15) is 9.59 Å². The van der Waals surface area contributed by atoms with Gasteiger partial charge in [0.2, 0.25) is 5.56 Å². The first kappa shape index (κ1) is 16.5. The van der Waals surface area contributed by atoms with Crippen molar-refractivity contribution in [1.82, 2.24) is 10.4 Å². The van der Waals surface area contributed by atoms with Crippen LogP contribution in [0.25, 0.3) is 0 Å². The molecular formula is C15H16ClN3O2S. The van der Waals surface area contributed by atoms with Crippen LogP contribution in [0.15, 0.2) is 40.0 Å². The summed E-state index contributed by atoms with van der Waals surface area (Å²) in [6.45, 7) is 3.76. The molecule has 0 spiro atoms. The summed E-state index contributed by atoms with van der Waals surface area (Å²) in [5.41, 5.74) is 6.77. The highest BCUT2D eigenvalue weighted by Gasteiger charge is 2.09. The third-order valence-corrected chi connectivity index (χ3v) is 3.98. The molecule has 0 radical (unpaired) electrons. The van der Waals surface area contributed by atoms with E-state index in [4.69, 9.17) is 11.6 Å². The number of nitrogens with one attached hydrogen (secondary N) is 3. The van der Waals surface area contributed by atoms with E-state index in [1.54, 1.807) is 36.9 Å². The summed E-state index contributed by atoms with van der Waals surface area (Å²) in [7, 11) is 0. The molecule has 0 aliphatic heterocycles. The third kappa shape index (κ3) is 4.29. The van der Waals surface area contributed by atoms with Gasteiger partial charge in [0.1, 0.15) is 0 Å². The number of carbonyl (C=O) groups excluding carboxylic acids is 1. The fourth-order valence-corrected chi connectivity index (χ4v) is 2.80. The Kier molecular flexibility index (Phi) is 5.51. The Hall–Kier alpha value is -1.92. The van der Waals surface area contributed by atoms with Gasteiger partial charge in [-0.1, -0.05) is 18.5 Å². The topological polar surface area (TPSA) is 74.0 Å². The van der Waals surface area contributed by atoms with E-state index in [0.717, 1.165) is 10.6 Å². The van der Waals surface area contributed by atoms with Gasteiger partial charge in [0.05, 0.1) is 5.69 Å². The monoisotopic (exact) mass is 337 g/mol. The van der Waals surface area contributed by atoms with E-state index in [1.165, 1.54) is 6.07 Å². The first-order valence-electron chi connectivity index (χ1n) is 6.69. The number of aromatic amines is 1. The van der Waals surface area contributed by atoms with Gasteiger partial charge in [-0.05, 0) is 36.9 Å². The summed E-state index contributed by atoms with van der Waals surface area (Å²) >= 11 is 7.62. The molecule has 0 unspecified atom stereocenters. The minimum Gasteiger partial charge on any atom is -0.326 e. The molecule has 1 heterocycles. The Morgan fingerprint density at radius 2 is 2.09 bits per heavy atom. The molecule has 2 aromatic rings. The van der Waals surface area contributed by atoms with Crippen LogP contribution in [0.1, 0.15) is 23.0 Å². The minimum absolute atomic E-state index is 0.292. The number of aromatic nitrogens is 1. The van der Waals surface area contributed by atoms with Gasteiger partial charge in [-0.2, -0.15) is 0 Å². The van der Waals surface area contributed by atoms with Crippen LogP contribution in [0.5, 0.6) is 0 Å². The Labute approximate surface area is 137 Å². The van der Waals surface area contributed by atoms with Gasteiger partial charge in [0.15, 0.2) is 0 Å². The van der Waals surface area contributed by atoms with Gasteiger partial charge in [-0.3, -0.25) is 20.4 Å². The van der Waals surface area contributed by atoms with Gasteiger partial charge in [0, 0.05) is 27.2 Å². The number of amides is 1. The number of H-pyrrole nitrogens is 1. The molecule has 0 fully saturated rings. The van der Waals surface area contributed by atoms with Gasteiger partial charge in [0.25, 0.3) is 5.91 Å². The van der Waals surface area contributed by atoms with Crippen molar-refractivity contribution in [1.29, 1.82) is 0 Å². The molecule has 0 saturated carbocycles. The SMILES string of the molecule is CCSc1ccc(Cl)cc1NNC(=O)c1cc(C)[nH]c(=O)c1. The lowest BCUT2D eigenvalue weighted by molar-refractivity contribution is 0.0962. The van der Waals surface area contributed by atoms with Gasteiger partial charge >= 0.3 is 0 Å². The standard InChI is InChI=1S/C15H16ClN3O2S/c1-3-22-13-5-4-11(16)8-12(13)18-19-15(21)10-6-9(2)17-14(20)7-10/h4-8,18H,3H2,1-2H3,(H,17,20)(H,19,21). The number of benzene rings is 1. The maximum atomic E-state index is 12.1. The Morgan fingerprint density at radius 1 is 1.32 bits per heavy atom. The number of carbonyl (C=O) groups is 1. The smallest absolute Gasteiger partial charge is 0.269 e. The first-order chi connectivity index (χ1) is 10.5. The molecule has 0 aliphatic rings. The zero-order valence-corrected chi connectivity index (χ0v) is 13.8. The van der Waals surface area contributed by atoms with Gasteiger partial charge in [-0.25, -0.2) is 0 Å². The van der Waals surface area contributed by atoms with Crippen LogP contribution in [0.2, 0.25) is 5.02 Å². The molecule has 1 amide bonds. The van der Waals surface area contributed by atoms with E-state index in [-0.39, 0.29) is 11.5 Å².